The molecule has 0 saturated carbocycles. The highest BCUT2D eigenvalue weighted by Gasteiger charge is 2.38. The Balaban J connectivity index is 1.49. The number of rotatable bonds is 8. The number of methoxy groups -OCH3 is 3. The van der Waals surface area contributed by atoms with Crippen LogP contribution in [0.1, 0.15) is 22.3 Å². The molecule has 1 aliphatic rings. The number of hydrogen-bond donors (Lipinski definition) is 1. The van der Waals surface area contributed by atoms with Crippen LogP contribution in [0.3, 0.4) is 0 Å². The fourth-order valence-corrected chi connectivity index (χ4v) is 4.52. The van der Waals surface area contributed by atoms with Crippen LogP contribution in [0, 0.1) is 5.82 Å². The van der Waals surface area contributed by atoms with E-state index in [1.54, 1.807) is 50.6 Å². The lowest BCUT2D eigenvalue weighted by Crippen LogP contribution is -2.37. The molecule has 3 aromatic carbocycles. The van der Waals surface area contributed by atoms with Crippen LogP contribution >= 0.6 is 0 Å². The zero-order valence-electron chi connectivity index (χ0n) is 20.5. The minimum Gasteiger partial charge on any atom is -0.497 e. The fourth-order valence-electron chi connectivity index (χ4n) is 4.52. The van der Waals surface area contributed by atoms with E-state index in [4.69, 9.17) is 14.2 Å². The molecule has 0 aromatic heterocycles. The monoisotopic (exact) mass is 492 g/mol. The lowest BCUT2D eigenvalue weighted by Gasteiger charge is -2.23. The van der Waals surface area contributed by atoms with Crippen LogP contribution < -0.4 is 14.8 Å². The van der Waals surface area contributed by atoms with Crippen LogP contribution in [0.2, 0.25) is 0 Å². The summed E-state index contributed by atoms with van der Waals surface area (Å²) in [6.45, 7) is 0.914. The van der Waals surface area contributed by atoms with E-state index in [9.17, 15) is 14.0 Å². The van der Waals surface area contributed by atoms with E-state index in [0.717, 1.165) is 16.7 Å². The average molecular weight is 493 g/mol. The summed E-state index contributed by atoms with van der Waals surface area (Å²) in [5.74, 6) is 0.428. The van der Waals surface area contributed by atoms with E-state index in [0.29, 0.717) is 36.6 Å². The number of nitrogens with zero attached hydrogens (tertiary/aromatic N) is 1. The van der Waals surface area contributed by atoms with Crippen LogP contribution in [-0.4, -0.2) is 56.7 Å². The first-order valence-electron chi connectivity index (χ1n) is 11.6. The molecule has 7 nitrogen and oxygen atoms in total. The largest absolute Gasteiger partial charge is 0.497 e. The van der Waals surface area contributed by atoms with Crippen molar-refractivity contribution in [1.82, 2.24) is 10.2 Å². The molecule has 0 bridgehead atoms. The number of benzene rings is 3. The Morgan fingerprint density at radius 3 is 2.44 bits per heavy atom. The fraction of sp³-hybridized carbons (Fsp3) is 0.286. The molecular formula is C28H29FN2O5. The number of halogens is 1. The van der Waals surface area contributed by atoms with Crippen molar-refractivity contribution in [1.29, 1.82) is 0 Å². The Morgan fingerprint density at radius 1 is 0.972 bits per heavy atom. The summed E-state index contributed by atoms with van der Waals surface area (Å²) in [5.41, 5.74) is 3.01. The molecule has 4 rings (SSSR count). The van der Waals surface area contributed by atoms with Gasteiger partial charge in [-0.15, -0.1) is 0 Å². The van der Waals surface area contributed by atoms with Crippen molar-refractivity contribution >= 4 is 11.9 Å². The minimum absolute atomic E-state index is 0.239. The Hall–Kier alpha value is -3.91. The number of carbonyl (C=O) groups is 2. The molecule has 1 heterocycles. The minimum atomic E-state index is -0.502. The van der Waals surface area contributed by atoms with Gasteiger partial charge in [-0.25, -0.2) is 4.39 Å². The van der Waals surface area contributed by atoms with Crippen molar-refractivity contribution in [3.05, 3.63) is 83.7 Å². The van der Waals surface area contributed by atoms with Gasteiger partial charge in [0.05, 0.1) is 21.3 Å². The predicted molar refractivity (Wildman–Crippen MR) is 133 cm³/mol. The zero-order chi connectivity index (χ0) is 25.7. The van der Waals surface area contributed by atoms with Crippen molar-refractivity contribution in [2.75, 3.05) is 27.9 Å². The van der Waals surface area contributed by atoms with E-state index < -0.39 is 6.04 Å². The Morgan fingerprint density at radius 2 is 1.75 bits per heavy atom. The highest BCUT2D eigenvalue weighted by molar-refractivity contribution is 5.95. The molecule has 1 N–H and O–H groups in total. The second-order valence-electron chi connectivity index (χ2n) is 8.64. The van der Waals surface area contributed by atoms with Gasteiger partial charge in [-0.05, 0) is 47.9 Å². The van der Waals surface area contributed by atoms with Gasteiger partial charge in [0.1, 0.15) is 23.4 Å². The maximum atomic E-state index is 13.3. The van der Waals surface area contributed by atoms with Crippen LogP contribution in [0.15, 0.2) is 66.7 Å². The number of carbonyl (C=O) groups excluding carboxylic acids is 2. The molecule has 3 aromatic rings. The number of nitrogens with one attached hydrogen (secondary N) is 1. The molecule has 0 aliphatic carbocycles. The summed E-state index contributed by atoms with van der Waals surface area (Å²) >= 11 is 0. The SMILES string of the molecule is COC(=O)[C@@H]1C[C@@H](NC(=O)c2cccc(-c3ccc(F)cc3)c2)CN1Cc1ccc(OC)cc1OC. The van der Waals surface area contributed by atoms with E-state index in [1.165, 1.54) is 19.2 Å². The Labute approximate surface area is 209 Å². The van der Waals surface area contributed by atoms with E-state index in [1.807, 2.05) is 23.1 Å². The van der Waals surface area contributed by atoms with E-state index >= 15 is 0 Å². The number of amides is 1. The summed E-state index contributed by atoms with van der Waals surface area (Å²) in [6, 6.07) is 18.1. The van der Waals surface area contributed by atoms with Gasteiger partial charge in [0.25, 0.3) is 5.91 Å². The normalized spacial score (nSPS) is 17.4. The van der Waals surface area contributed by atoms with Crippen LogP contribution in [0.4, 0.5) is 4.39 Å². The average Bonchev–Trinajstić information content (AvgIpc) is 3.30. The number of hydrogen-bond acceptors (Lipinski definition) is 6. The third kappa shape index (κ3) is 5.66. The van der Waals surface area contributed by atoms with Crippen molar-refractivity contribution in [3.63, 3.8) is 0 Å². The molecule has 1 fully saturated rings. The molecule has 2 atom stereocenters. The van der Waals surface area contributed by atoms with Crippen molar-refractivity contribution < 1.29 is 28.2 Å². The van der Waals surface area contributed by atoms with Gasteiger partial charge in [0.2, 0.25) is 0 Å². The molecule has 8 heteroatoms. The van der Waals surface area contributed by atoms with Gasteiger partial charge in [0, 0.05) is 36.3 Å². The number of esters is 1. The second kappa shape index (κ2) is 11.2. The van der Waals surface area contributed by atoms with Gasteiger partial charge >= 0.3 is 5.97 Å². The standard InChI is InChI=1S/C28H29FN2O5/c1-34-24-12-9-21(26(15-24)35-2)16-31-17-23(14-25(31)28(33)36-3)30-27(32)20-6-4-5-19(13-20)18-7-10-22(29)11-8-18/h4-13,15,23,25H,14,16-17H2,1-3H3,(H,30,32)/t23-,25+/m1/s1. The molecule has 0 unspecified atom stereocenters. The highest BCUT2D eigenvalue weighted by atomic mass is 19.1. The van der Waals surface area contributed by atoms with Gasteiger partial charge in [-0.1, -0.05) is 30.3 Å². The maximum absolute atomic E-state index is 13.3. The van der Waals surface area contributed by atoms with Gasteiger partial charge in [-0.2, -0.15) is 0 Å². The van der Waals surface area contributed by atoms with Gasteiger partial charge in [0.15, 0.2) is 0 Å². The van der Waals surface area contributed by atoms with E-state index in [-0.39, 0.29) is 23.7 Å². The second-order valence-corrected chi connectivity index (χ2v) is 8.64. The maximum Gasteiger partial charge on any atom is 0.323 e. The summed E-state index contributed by atoms with van der Waals surface area (Å²) < 4.78 is 29.1. The smallest absolute Gasteiger partial charge is 0.323 e. The van der Waals surface area contributed by atoms with Crippen molar-refractivity contribution in [3.8, 4) is 22.6 Å². The predicted octanol–water partition coefficient (Wildman–Crippen LogP) is 4.06. The number of likely N-dealkylation sites (tertiary alicyclic amines) is 1. The molecular weight excluding hydrogens is 463 g/mol. The van der Waals surface area contributed by atoms with E-state index in [2.05, 4.69) is 5.32 Å². The first-order chi connectivity index (χ1) is 17.4. The highest BCUT2D eigenvalue weighted by Crippen LogP contribution is 2.29. The van der Waals surface area contributed by atoms with Crippen LogP contribution in [0.25, 0.3) is 11.1 Å². The Kier molecular flexibility index (Phi) is 7.85. The summed E-state index contributed by atoms with van der Waals surface area (Å²) in [5, 5.41) is 3.05. The summed E-state index contributed by atoms with van der Waals surface area (Å²) in [6.07, 6.45) is 0.425. The zero-order valence-corrected chi connectivity index (χ0v) is 20.5. The lowest BCUT2D eigenvalue weighted by atomic mass is 10.0. The molecule has 1 amide bonds. The van der Waals surface area contributed by atoms with Crippen molar-refractivity contribution in [2.45, 2.75) is 25.0 Å². The molecule has 0 radical (unpaired) electrons. The molecule has 0 spiro atoms. The first kappa shape index (κ1) is 25.2. The lowest BCUT2D eigenvalue weighted by molar-refractivity contribution is -0.146. The molecule has 188 valence electrons. The molecule has 1 aliphatic heterocycles. The third-order valence-corrected chi connectivity index (χ3v) is 6.38. The molecule has 1 saturated heterocycles. The van der Waals surface area contributed by atoms with Crippen LogP contribution in [0.5, 0.6) is 11.5 Å². The topological polar surface area (TPSA) is 77.1 Å². The van der Waals surface area contributed by atoms with Crippen molar-refractivity contribution in [2.24, 2.45) is 0 Å². The Bertz CT molecular complexity index is 1230. The van der Waals surface area contributed by atoms with Crippen LogP contribution in [-0.2, 0) is 16.1 Å². The molecule has 36 heavy (non-hydrogen) atoms. The number of ether oxygens (including phenoxy) is 3. The summed E-state index contributed by atoms with van der Waals surface area (Å²) in [4.78, 5) is 27.6. The third-order valence-electron chi connectivity index (χ3n) is 6.38. The first-order valence-corrected chi connectivity index (χ1v) is 11.6. The quantitative estimate of drug-likeness (QED) is 0.478. The summed E-state index contributed by atoms with van der Waals surface area (Å²) in [7, 11) is 4.54. The van der Waals surface area contributed by atoms with Gasteiger partial charge < -0.3 is 19.5 Å². The van der Waals surface area contributed by atoms with Gasteiger partial charge in [-0.3, -0.25) is 14.5 Å².